The van der Waals surface area contributed by atoms with Crippen molar-refractivity contribution in [3.05, 3.63) is 108 Å². The molecule has 5 aromatic rings. The van der Waals surface area contributed by atoms with Gasteiger partial charge in [-0.1, -0.05) is 73.2 Å². The summed E-state index contributed by atoms with van der Waals surface area (Å²) < 4.78 is 33.4. The molecule has 1 N–H and O–H groups in total. The first kappa shape index (κ1) is 30.6. The molecule has 0 radical (unpaired) electrons. The third-order valence-electron chi connectivity index (χ3n) is 9.34. The Morgan fingerprint density at radius 3 is 2.34 bits per heavy atom. The number of ketones is 1. The van der Waals surface area contributed by atoms with Gasteiger partial charge in [-0.15, -0.1) is 0 Å². The molecule has 1 aliphatic heterocycles. The van der Waals surface area contributed by atoms with Crippen LogP contribution in [0.25, 0.3) is 22.3 Å². The summed E-state index contributed by atoms with van der Waals surface area (Å²) in [6.45, 7) is 4.95. The average Bonchev–Trinajstić information content (AvgIpc) is 3.66. The molecule has 1 saturated heterocycles. The Morgan fingerprint density at radius 2 is 1.64 bits per heavy atom. The van der Waals surface area contributed by atoms with Crippen molar-refractivity contribution in [2.24, 2.45) is 11.8 Å². The lowest BCUT2D eigenvalue weighted by atomic mass is 9.84. The monoisotopic (exact) mass is 649 g/mol. The molecule has 2 unspecified atom stereocenters. The number of rotatable bonds is 8. The summed E-state index contributed by atoms with van der Waals surface area (Å²) in [5, 5.41) is 3.05. The molecule has 11 heteroatoms. The highest BCUT2D eigenvalue weighted by atomic mass is 32.2. The summed E-state index contributed by atoms with van der Waals surface area (Å²) in [6.07, 6.45) is 3.13. The first-order valence-electron chi connectivity index (χ1n) is 15.7. The number of hydrogen-bond donors (Lipinski definition) is 1. The maximum Gasteiger partial charge on any atom is 0.409 e. The summed E-state index contributed by atoms with van der Waals surface area (Å²) >= 11 is 0. The van der Waals surface area contributed by atoms with Gasteiger partial charge in [0.2, 0.25) is 0 Å². The molecule has 10 nitrogen and oxygen atoms in total. The van der Waals surface area contributed by atoms with Crippen molar-refractivity contribution in [2.45, 2.75) is 31.1 Å². The number of ether oxygens (including phenoxy) is 1. The van der Waals surface area contributed by atoms with E-state index in [0.29, 0.717) is 24.3 Å². The number of anilines is 1. The van der Waals surface area contributed by atoms with Gasteiger partial charge >= 0.3 is 6.09 Å². The molecular formula is C36H35N5O5S. The minimum atomic E-state index is -3.85. The Balaban J connectivity index is 0.978. The lowest BCUT2D eigenvalue weighted by Gasteiger charge is -2.35. The van der Waals surface area contributed by atoms with Crippen molar-refractivity contribution in [2.75, 3.05) is 31.6 Å². The smallest absolute Gasteiger partial charge is 0.409 e. The minimum Gasteiger partial charge on any atom is -0.448 e. The topological polar surface area (TPSA) is 123 Å². The molecule has 2 aliphatic rings. The first-order valence-corrected chi connectivity index (χ1v) is 17.2. The van der Waals surface area contributed by atoms with Crippen LogP contribution < -0.4 is 5.32 Å². The van der Waals surface area contributed by atoms with Gasteiger partial charge in [-0.25, -0.2) is 27.2 Å². The lowest BCUT2D eigenvalue weighted by Crippen LogP contribution is -2.47. The lowest BCUT2D eigenvalue weighted by molar-refractivity contribution is -0.124. The van der Waals surface area contributed by atoms with Gasteiger partial charge in [-0.05, 0) is 59.7 Å². The zero-order chi connectivity index (χ0) is 32.7. The van der Waals surface area contributed by atoms with Crippen LogP contribution in [0, 0.1) is 18.8 Å². The molecule has 2 atom stereocenters. The normalized spacial score (nSPS) is 17.7. The third-order valence-corrected chi connectivity index (χ3v) is 11.0. The van der Waals surface area contributed by atoms with Gasteiger partial charge < -0.3 is 15.0 Å². The molecular weight excluding hydrogens is 614 g/mol. The van der Waals surface area contributed by atoms with E-state index in [1.165, 1.54) is 23.5 Å². The number of amides is 1. The number of piperidine rings is 1. The quantitative estimate of drug-likeness (QED) is 0.222. The summed E-state index contributed by atoms with van der Waals surface area (Å²) in [6, 6.07) is 24.6. The fraction of sp³-hybridized carbons (Fsp3) is 0.278. The van der Waals surface area contributed by atoms with E-state index in [2.05, 4.69) is 39.6 Å². The minimum absolute atomic E-state index is 0.00387. The number of likely N-dealkylation sites (tertiary alicyclic amines) is 1. The molecule has 0 bridgehead atoms. The van der Waals surface area contributed by atoms with Gasteiger partial charge in [0, 0.05) is 31.1 Å². The second-order valence-corrected chi connectivity index (χ2v) is 14.2. The van der Waals surface area contributed by atoms with Crippen LogP contribution in [0.3, 0.4) is 0 Å². The number of aryl methyl sites for hydroxylation is 1. The van der Waals surface area contributed by atoms with Crippen LogP contribution in [-0.2, 0) is 19.6 Å². The van der Waals surface area contributed by atoms with Crippen molar-refractivity contribution >= 4 is 38.9 Å². The first-order chi connectivity index (χ1) is 22.7. The molecule has 1 amide bonds. The fourth-order valence-corrected chi connectivity index (χ4v) is 7.94. The van der Waals surface area contributed by atoms with E-state index in [4.69, 9.17) is 4.74 Å². The molecule has 2 aromatic heterocycles. The number of fused-ring (bicyclic) bond motifs is 4. The highest BCUT2D eigenvalue weighted by Crippen LogP contribution is 2.44. The summed E-state index contributed by atoms with van der Waals surface area (Å²) in [4.78, 5) is 37.3. The second-order valence-electron chi connectivity index (χ2n) is 12.3. The maximum atomic E-state index is 13.4. The largest absolute Gasteiger partial charge is 0.448 e. The van der Waals surface area contributed by atoms with Crippen molar-refractivity contribution in [1.82, 2.24) is 18.8 Å². The van der Waals surface area contributed by atoms with E-state index < -0.39 is 16.1 Å². The Labute approximate surface area is 273 Å². The Kier molecular flexibility index (Phi) is 8.01. The number of benzene rings is 3. The zero-order valence-corrected chi connectivity index (χ0v) is 27.0. The van der Waals surface area contributed by atoms with Crippen molar-refractivity contribution in [1.29, 1.82) is 0 Å². The highest BCUT2D eigenvalue weighted by molar-refractivity contribution is 7.90. The van der Waals surface area contributed by atoms with E-state index in [9.17, 15) is 18.0 Å². The van der Waals surface area contributed by atoms with Gasteiger partial charge in [0.05, 0.1) is 17.6 Å². The van der Waals surface area contributed by atoms with Crippen LogP contribution in [0.1, 0.15) is 36.0 Å². The molecule has 1 fully saturated rings. The van der Waals surface area contributed by atoms with Crippen molar-refractivity contribution in [3.8, 4) is 11.1 Å². The van der Waals surface area contributed by atoms with Crippen LogP contribution in [-0.4, -0.2) is 65.4 Å². The Morgan fingerprint density at radius 1 is 0.957 bits per heavy atom. The summed E-state index contributed by atoms with van der Waals surface area (Å²) in [7, 11) is -3.85. The van der Waals surface area contributed by atoms with E-state index in [1.54, 1.807) is 35.2 Å². The van der Waals surface area contributed by atoms with E-state index >= 15 is 0 Å². The van der Waals surface area contributed by atoms with Gasteiger partial charge in [0.1, 0.15) is 17.9 Å². The average molecular weight is 650 g/mol. The summed E-state index contributed by atoms with van der Waals surface area (Å²) in [5.41, 5.74) is 6.18. The fourth-order valence-electron chi connectivity index (χ4n) is 6.64. The van der Waals surface area contributed by atoms with Gasteiger partial charge in [-0.2, -0.15) is 0 Å². The number of aromatic nitrogens is 3. The Hall–Kier alpha value is -5.03. The van der Waals surface area contributed by atoms with Gasteiger partial charge in [0.25, 0.3) is 10.0 Å². The Bertz CT molecular complexity index is 2050. The van der Waals surface area contributed by atoms with Crippen LogP contribution in [0.5, 0.6) is 0 Å². The molecule has 7 rings (SSSR count). The third kappa shape index (κ3) is 5.76. The number of carbonyl (C=O) groups excluding carboxylic acids is 2. The van der Waals surface area contributed by atoms with Crippen LogP contribution in [0.4, 0.5) is 10.6 Å². The molecule has 47 heavy (non-hydrogen) atoms. The number of Topliss-reactive ketones (excluding diaryl/α,β-unsaturated/α-hetero) is 1. The predicted molar refractivity (Wildman–Crippen MR) is 179 cm³/mol. The standard InChI is InChI=1S/C36H35N5O5S/c1-23-11-13-25(14-12-23)47(44,45)41-18-16-32-35(41)38-20-34(39-32)37-19-33(42)30-21-40(17-15-24(30)2)36(43)46-22-31-28-9-5-3-7-26(28)27-8-4-6-10-29(27)31/h3-14,16,18,20,24,30-31H,15,17,19,21-22H2,1-2H3,(H,37,39). The van der Waals surface area contributed by atoms with Crippen LogP contribution in [0.2, 0.25) is 0 Å². The SMILES string of the molecule is Cc1ccc(S(=O)(=O)n2ccc3nc(NCC(=O)C4CN(C(=O)OCC5c6ccccc6-c6ccccc65)CCC4C)cnc32)cc1. The second kappa shape index (κ2) is 12.3. The molecule has 240 valence electrons. The number of nitrogens with zero attached hydrogens (tertiary/aromatic N) is 4. The van der Waals surface area contributed by atoms with Crippen molar-refractivity contribution in [3.63, 3.8) is 0 Å². The molecule has 0 spiro atoms. The van der Waals surface area contributed by atoms with E-state index in [0.717, 1.165) is 20.7 Å². The molecule has 1 aliphatic carbocycles. The van der Waals surface area contributed by atoms with Gasteiger partial charge in [-0.3, -0.25) is 4.79 Å². The predicted octanol–water partition coefficient (Wildman–Crippen LogP) is 5.86. The summed E-state index contributed by atoms with van der Waals surface area (Å²) in [5.74, 6) is 0.00341. The number of hydrogen-bond acceptors (Lipinski definition) is 8. The zero-order valence-electron chi connectivity index (χ0n) is 26.2. The number of nitrogens with one attached hydrogen (secondary N) is 1. The molecule has 0 saturated carbocycles. The van der Waals surface area contributed by atoms with Crippen LogP contribution >= 0.6 is 0 Å². The van der Waals surface area contributed by atoms with Crippen LogP contribution in [0.15, 0.2) is 96.2 Å². The van der Waals surface area contributed by atoms with E-state index in [-0.39, 0.29) is 53.8 Å². The molecule has 3 heterocycles. The van der Waals surface area contributed by atoms with Gasteiger partial charge in [0.15, 0.2) is 11.4 Å². The van der Waals surface area contributed by atoms with E-state index in [1.807, 2.05) is 38.1 Å². The molecule has 3 aromatic carbocycles. The number of carbonyl (C=O) groups is 2. The van der Waals surface area contributed by atoms with Crippen molar-refractivity contribution < 1.29 is 22.7 Å². The highest BCUT2D eigenvalue weighted by Gasteiger charge is 2.35. The maximum absolute atomic E-state index is 13.4.